The van der Waals surface area contributed by atoms with Crippen LogP contribution in [0.15, 0.2) is 9.98 Å². The van der Waals surface area contributed by atoms with Gasteiger partial charge in [-0.15, -0.1) is 0 Å². The second kappa shape index (κ2) is 14.5. The molecule has 0 saturated carbocycles. The van der Waals surface area contributed by atoms with Crippen molar-refractivity contribution in [2.75, 3.05) is 13.1 Å². The Kier molecular flexibility index (Phi) is 14.4. The third-order valence-corrected chi connectivity index (χ3v) is 1.42. The van der Waals surface area contributed by atoms with E-state index in [0.29, 0.717) is 13.1 Å². The summed E-state index contributed by atoms with van der Waals surface area (Å²) in [6.07, 6.45) is 5.55. The minimum absolute atomic E-state index is 0.522. The first-order chi connectivity index (χ1) is 8.54. The Morgan fingerprint density at radius 3 is 1.50 bits per heavy atom. The lowest BCUT2D eigenvalue weighted by Gasteiger charge is -1.90. The second-order valence-electron chi connectivity index (χ2n) is 2.86. The van der Waals surface area contributed by atoms with E-state index in [9.17, 15) is 19.2 Å². The number of nitrogens with two attached hydrogens (primary N) is 2. The molecule has 0 spiro atoms. The van der Waals surface area contributed by atoms with Crippen molar-refractivity contribution >= 4 is 24.2 Å². The number of rotatable bonds is 6. The van der Waals surface area contributed by atoms with Crippen LogP contribution >= 0.6 is 0 Å². The summed E-state index contributed by atoms with van der Waals surface area (Å²) in [6, 6.07) is -1.88. The number of hydrogen-bond donors (Lipinski definition) is 3. The van der Waals surface area contributed by atoms with Crippen LogP contribution < -0.4 is 16.8 Å². The lowest BCUT2D eigenvalue weighted by atomic mass is 10.2. The molecule has 0 aliphatic rings. The van der Waals surface area contributed by atoms with Gasteiger partial charge >= 0.3 is 12.1 Å². The molecule has 9 heteroatoms. The van der Waals surface area contributed by atoms with E-state index in [-0.39, 0.29) is 0 Å². The Hall–Kier alpha value is -2.50. The number of nitrogens with one attached hydrogen (secondary N) is 1. The molecule has 18 heavy (non-hydrogen) atoms. The average molecular weight is 257 g/mol. The zero-order chi connectivity index (χ0) is 14.2. The standard InChI is InChI=1S/C7H10N2O2.C2H5N3O2/c10-6-8-4-2-1-3-5-9-7-11;3-1(6)5-2(4)7/h1-5H2;(H5,3,4,5,6,7). The molecule has 0 aliphatic carbocycles. The zero-order valence-corrected chi connectivity index (χ0v) is 9.72. The van der Waals surface area contributed by atoms with E-state index < -0.39 is 12.1 Å². The normalized spacial score (nSPS) is 7.78. The third kappa shape index (κ3) is 23.4. The van der Waals surface area contributed by atoms with Crippen LogP contribution in [-0.2, 0) is 9.59 Å². The SMILES string of the molecule is NC(=O)NC(N)=O.O=C=NCCCCCN=C=O. The highest BCUT2D eigenvalue weighted by atomic mass is 16.2. The van der Waals surface area contributed by atoms with Crippen molar-refractivity contribution in [3.63, 3.8) is 0 Å². The van der Waals surface area contributed by atoms with Crippen molar-refractivity contribution in [1.82, 2.24) is 5.32 Å². The molecule has 5 N–H and O–H groups in total. The smallest absolute Gasteiger partial charge is 0.320 e. The number of unbranched alkanes of at least 4 members (excludes halogenated alkanes) is 2. The summed E-state index contributed by atoms with van der Waals surface area (Å²) in [6.45, 7) is 1.04. The van der Waals surface area contributed by atoms with E-state index in [2.05, 4.69) is 21.5 Å². The van der Waals surface area contributed by atoms with E-state index in [1.54, 1.807) is 5.32 Å². The fourth-order valence-electron chi connectivity index (χ4n) is 0.771. The number of hydrogen-bond acceptors (Lipinski definition) is 6. The highest BCUT2D eigenvalue weighted by Gasteiger charge is 1.92. The third-order valence-electron chi connectivity index (χ3n) is 1.42. The van der Waals surface area contributed by atoms with Crippen LogP contribution in [0, 0.1) is 0 Å². The molecule has 0 bridgehead atoms. The molecule has 0 radical (unpaired) electrons. The molecule has 0 aromatic carbocycles. The maximum atomic E-state index is 9.62. The number of aliphatic imine (C=N–C) groups is 2. The Morgan fingerprint density at radius 1 is 0.889 bits per heavy atom. The van der Waals surface area contributed by atoms with Gasteiger partial charge in [0, 0.05) is 0 Å². The van der Waals surface area contributed by atoms with Gasteiger partial charge in [-0.3, -0.25) is 5.32 Å². The fourth-order valence-corrected chi connectivity index (χ4v) is 0.771. The second-order valence-corrected chi connectivity index (χ2v) is 2.86. The number of urea groups is 2. The largest absolute Gasteiger partial charge is 0.351 e. The van der Waals surface area contributed by atoms with E-state index in [1.165, 1.54) is 12.2 Å². The molecule has 0 saturated heterocycles. The first-order valence-corrected chi connectivity index (χ1v) is 4.97. The summed E-state index contributed by atoms with van der Waals surface area (Å²) in [5, 5.41) is 1.58. The summed E-state index contributed by atoms with van der Waals surface area (Å²) in [4.78, 5) is 45.1. The van der Waals surface area contributed by atoms with Crippen LogP contribution in [-0.4, -0.2) is 37.3 Å². The molecule has 4 amide bonds. The molecule has 0 heterocycles. The van der Waals surface area contributed by atoms with Crippen molar-refractivity contribution in [2.24, 2.45) is 21.5 Å². The lowest BCUT2D eigenvalue weighted by molar-refractivity contribution is 0.236. The van der Waals surface area contributed by atoms with Crippen LogP contribution in [0.25, 0.3) is 0 Å². The lowest BCUT2D eigenvalue weighted by Crippen LogP contribution is -2.38. The fraction of sp³-hybridized carbons (Fsp3) is 0.556. The predicted molar refractivity (Wildman–Crippen MR) is 62.1 cm³/mol. The molecule has 0 aromatic rings. The van der Waals surface area contributed by atoms with Crippen LogP contribution in [0.4, 0.5) is 9.59 Å². The van der Waals surface area contributed by atoms with Gasteiger partial charge in [0.2, 0.25) is 12.2 Å². The van der Waals surface area contributed by atoms with E-state index in [4.69, 9.17) is 0 Å². The van der Waals surface area contributed by atoms with Gasteiger partial charge in [0.05, 0.1) is 13.1 Å². The van der Waals surface area contributed by atoms with Gasteiger partial charge in [-0.25, -0.2) is 29.2 Å². The highest BCUT2D eigenvalue weighted by molar-refractivity contribution is 5.91. The van der Waals surface area contributed by atoms with Crippen molar-refractivity contribution in [3.05, 3.63) is 0 Å². The Morgan fingerprint density at radius 2 is 1.28 bits per heavy atom. The number of isocyanates is 2. The Labute approximate surface area is 103 Å². The molecule has 0 aromatic heterocycles. The Bertz CT molecular complexity index is 313. The number of carbonyl (C=O) groups is 2. The molecule has 0 rings (SSSR count). The Balaban J connectivity index is 0. The van der Waals surface area contributed by atoms with Crippen LogP contribution in [0.5, 0.6) is 0 Å². The number of carbonyl (C=O) groups excluding carboxylic acids is 4. The molecular formula is C9H15N5O4. The molecule has 100 valence electrons. The number of amides is 4. The van der Waals surface area contributed by atoms with E-state index in [1.807, 2.05) is 0 Å². The summed E-state index contributed by atoms with van der Waals surface area (Å²) in [7, 11) is 0. The first-order valence-electron chi connectivity index (χ1n) is 4.97. The van der Waals surface area contributed by atoms with Crippen molar-refractivity contribution in [1.29, 1.82) is 0 Å². The van der Waals surface area contributed by atoms with Gasteiger partial charge in [-0.2, -0.15) is 0 Å². The van der Waals surface area contributed by atoms with Crippen molar-refractivity contribution < 1.29 is 19.2 Å². The highest BCUT2D eigenvalue weighted by Crippen LogP contribution is 1.94. The summed E-state index contributed by atoms with van der Waals surface area (Å²) in [5.41, 5.74) is 8.88. The molecular weight excluding hydrogens is 242 g/mol. The zero-order valence-electron chi connectivity index (χ0n) is 9.72. The summed E-state index contributed by atoms with van der Waals surface area (Å²) in [5.74, 6) is 0. The topological polar surface area (TPSA) is 157 Å². The van der Waals surface area contributed by atoms with Crippen molar-refractivity contribution in [3.8, 4) is 0 Å². The number of nitrogens with zero attached hydrogens (tertiary/aromatic N) is 2. The van der Waals surface area contributed by atoms with Crippen LogP contribution in [0.2, 0.25) is 0 Å². The number of imide groups is 1. The molecule has 0 fully saturated rings. The summed E-state index contributed by atoms with van der Waals surface area (Å²) < 4.78 is 0. The average Bonchev–Trinajstić information content (AvgIpc) is 2.27. The molecule has 0 atom stereocenters. The van der Waals surface area contributed by atoms with Gasteiger partial charge in [-0.05, 0) is 19.3 Å². The quantitative estimate of drug-likeness (QED) is 0.334. The maximum Gasteiger partial charge on any atom is 0.320 e. The monoisotopic (exact) mass is 257 g/mol. The maximum absolute atomic E-state index is 9.62. The van der Waals surface area contributed by atoms with E-state index in [0.717, 1.165) is 19.3 Å². The van der Waals surface area contributed by atoms with Crippen LogP contribution in [0.1, 0.15) is 19.3 Å². The number of primary amides is 2. The minimum atomic E-state index is -0.938. The van der Waals surface area contributed by atoms with Gasteiger partial charge in [0.1, 0.15) is 0 Å². The molecule has 0 unspecified atom stereocenters. The van der Waals surface area contributed by atoms with Gasteiger partial charge in [0.25, 0.3) is 0 Å². The van der Waals surface area contributed by atoms with Crippen LogP contribution in [0.3, 0.4) is 0 Å². The first kappa shape index (κ1) is 17.9. The molecule has 9 nitrogen and oxygen atoms in total. The summed E-state index contributed by atoms with van der Waals surface area (Å²) >= 11 is 0. The minimum Gasteiger partial charge on any atom is -0.351 e. The van der Waals surface area contributed by atoms with Crippen molar-refractivity contribution in [2.45, 2.75) is 19.3 Å². The van der Waals surface area contributed by atoms with E-state index >= 15 is 0 Å². The predicted octanol–water partition coefficient (Wildman–Crippen LogP) is -0.438. The van der Waals surface area contributed by atoms with Gasteiger partial charge in [-0.1, -0.05) is 0 Å². The molecule has 0 aliphatic heterocycles. The van der Waals surface area contributed by atoms with Gasteiger partial charge < -0.3 is 11.5 Å². The van der Waals surface area contributed by atoms with Gasteiger partial charge in [0.15, 0.2) is 0 Å².